The smallest absolute Gasteiger partial charge is 0.277 e. The molecule has 1 aliphatic heterocycles. The molecular weight excluding hydrogens is 417 g/mol. The molecule has 2 fully saturated rings. The van der Waals surface area contributed by atoms with E-state index in [1.54, 1.807) is 15.0 Å². The molecule has 0 radical (unpaired) electrons. The second-order valence-corrected chi connectivity index (χ2v) is 8.66. The molecule has 32 heavy (non-hydrogen) atoms. The van der Waals surface area contributed by atoms with Crippen molar-refractivity contribution in [2.75, 3.05) is 6.61 Å². The summed E-state index contributed by atoms with van der Waals surface area (Å²) in [4.78, 5) is 22.4. The van der Waals surface area contributed by atoms with Gasteiger partial charge in [0.15, 0.2) is 0 Å². The predicted octanol–water partition coefficient (Wildman–Crippen LogP) is 2.78. The Balaban J connectivity index is 1.54. The van der Waals surface area contributed by atoms with Crippen LogP contribution in [0.25, 0.3) is 28.1 Å². The van der Waals surface area contributed by atoms with Gasteiger partial charge in [-0.25, -0.2) is 9.37 Å². The lowest BCUT2D eigenvalue weighted by Gasteiger charge is -2.16. The summed E-state index contributed by atoms with van der Waals surface area (Å²) in [5, 5.41) is 14.8. The Hall–Kier alpha value is -3.11. The van der Waals surface area contributed by atoms with Gasteiger partial charge in [-0.05, 0) is 56.7 Å². The maximum absolute atomic E-state index is 14.1. The zero-order valence-corrected chi connectivity index (χ0v) is 17.3. The number of aliphatic hydroxyl groups is 1. The lowest BCUT2D eigenvalue weighted by atomic mass is 10.0. The molecular formula is C22H22FN5O4. The van der Waals surface area contributed by atoms with Crippen LogP contribution in [-0.2, 0) is 16.9 Å². The van der Waals surface area contributed by atoms with Gasteiger partial charge in [-0.3, -0.25) is 9.20 Å². The normalized spacial score (nSPS) is 20.6. The highest BCUT2D eigenvalue weighted by Gasteiger charge is 2.39. The molecule has 166 valence electrons. The number of aromatic nitrogens is 5. The van der Waals surface area contributed by atoms with Crippen LogP contribution in [0.2, 0.25) is 0 Å². The fraction of sp³-hybridized carbons (Fsp3) is 0.455. The Morgan fingerprint density at radius 2 is 2.06 bits per heavy atom. The van der Waals surface area contributed by atoms with Gasteiger partial charge in [0, 0.05) is 6.61 Å². The quantitative estimate of drug-likeness (QED) is 0.521. The molecule has 6 rings (SSSR count). The van der Waals surface area contributed by atoms with E-state index < -0.39 is 11.4 Å². The average Bonchev–Trinajstić information content (AvgIpc) is 3.57. The van der Waals surface area contributed by atoms with E-state index in [0.717, 1.165) is 25.7 Å². The summed E-state index contributed by atoms with van der Waals surface area (Å²) in [5.41, 5.74) is 0.168. The Morgan fingerprint density at radius 3 is 2.84 bits per heavy atom. The van der Waals surface area contributed by atoms with Gasteiger partial charge < -0.3 is 18.9 Å². The molecule has 1 aliphatic carbocycles. The van der Waals surface area contributed by atoms with Crippen molar-refractivity contribution in [2.45, 2.75) is 56.8 Å². The van der Waals surface area contributed by atoms with E-state index in [1.807, 2.05) is 0 Å². The van der Waals surface area contributed by atoms with Crippen molar-refractivity contribution < 1.29 is 18.8 Å². The minimum atomic E-state index is -1.13. The second-order valence-electron chi connectivity index (χ2n) is 8.66. The van der Waals surface area contributed by atoms with E-state index in [2.05, 4.69) is 15.1 Å². The molecule has 1 atom stereocenters. The highest BCUT2D eigenvalue weighted by Crippen LogP contribution is 2.38. The van der Waals surface area contributed by atoms with Crippen LogP contribution in [0, 0.1) is 5.82 Å². The maximum atomic E-state index is 14.1. The molecule has 1 saturated heterocycles. The Morgan fingerprint density at radius 1 is 1.22 bits per heavy atom. The number of benzene rings is 1. The second kappa shape index (κ2) is 7.21. The molecule has 10 heteroatoms. The van der Waals surface area contributed by atoms with E-state index in [-0.39, 0.29) is 34.6 Å². The molecule has 0 amide bonds. The largest absolute Gasteiger partial charge is 0.380 e. The summed E-state index contributed by atoms with van der Waals surface area (Å²) in [7, 11) is 0. The zero-order valence-electron chi connectivity index (χ0n) is 17.3. The summed E-state index contributed by atoms with van der Waals surface area (Å²) in [6.07, 6.45) is 6.06. The first-order chi connectivity index (χ1) is 15.5. The topological polar surface area (TPSA) is 108 Å². The number of fused-ring (bicyclic) bond motifs is 3. The monoisotopic (exact) mass is 439 g/mol. The number of hydrogen-bond acceptors (Lipinski definition) is 7. The highest BCUT2D eigenvalue weighted by atomic mass is 19.1. The van der Waals surface area contributed by atoms with Crippen LogP contribution >= 0.6 is 0 Å². The third-order valence-electron chi connectivity index (χ3n) is 6.58. The van der Waals surface area contributed by atoms with Crippen molar-refractivity contribution in [1.82, 2.24) is 24.1 Å². The molecule has 9 nitrogen and oxygen atoms in total. The van der Waals surface area contributed by atoms with Gasteiger partial charge in [-0.2, -0.15) is 4.98 Å². The van der Waals surface area contributed by atoms with E-state index in [9.17, 15) is 14.3 Å². The highest BCUT2D eigenvalue weighted by molar-refractivity contribution is 5.83. The summed E-state index contributed by atoms with van der Waals surface area (Å²) < 4.78 is 28.4. The van der Waals surface area contributed by atoms with Gasteiger partial charge in [0.2, 0.25) is 5.82 Å². The van der Waals surface area contributed by atoms with Gasteiger partial charge >= 0.3 is 0 Å². The number of halogens is 1. The van der Waals surface area contributed by atoms with Crippen LogP contribution in [-0.4, -0.2) is 41.9 Å². The molecule has 4 heterocycles. The summed E-state index contributed by atoms with van der Waals surface area (Å²) in [6, 6.07) is 4.33. The van der Waals surface area contributed by atoms with Crippen LogP contribution in [0.5, 0.6) is 0 Å². The standard InChI is InChI=1S/C22H22FN5O4/c23-13-5-6-15-16(10-13)27(11-14-4-3-9-31-14)20(29)18-17(24-12-28(15)18)19-25-21(32-26-19)22(30)7-1-2-8-22/h5-6,10,12,14,30H,1-4,7-9,11H2. The van der Waals surface area contributed by atoms with Crippen LogP contribution in [0.4, 0.5) is 4.39 Å². The van der Waals surface area contributed by atoms with E-state index >= 15 is 0 Å². The number of nitrogens with zero attached hydrogens (tertiary/aromatic N) is 5. The Labute approximate surface area is 181 Å². The zero-order chi connectivity index (χ0) is 21.9. The first-order valence-corrected chi connectivity index (χ1v) is 10.9. The average molecular weight is 439 g/mol. The van der Waals surface area contributed by atoms with E-state index in [0.29, 0.717) is 37.0 Å². The van der Waals surface area contributed by atoms with Crippen molar-refractivity contribution >= 4 is 16.6 Å². The third-order valence-corrected chi connectivity index (χ3v) is 6.58. The molecule has 1 saturated carbocycles. The number of hydrogen-bond donors (Lipinski definition) is 1. The fourth-order valence-corrected chi connectivity index (χ4v) is 4.91. The van der Waals surface area contributed by atoms with Crippen molar-refractivity contribution in [3.05, 3.63) is 46.6 Å². The Kier molecular flexibility index (Phi) is 4.41. The molecule has 1 unspecified atom stereocenters. The number of rotatable bonds is 4. The van der Waals surface area contributed by atoms with Gasteiger partial charge in [0.1, 0.15) is 29.0 Å². The molecule has 0 bridgehead atoms. The summed E-state index contributed by atoms with van der Waals surface area (Å²) in [5.74, 6) is -0.135. The lowest BCUT2D eigenvalue weighted by molar-refractivity contribution is 0.0112. The van der Waals surface area contributed by atoms with Crippen LogP contribution < -0.4 is 5.56 Å². The van der Waals surface area contributed by atoms with Crippen LogP contribution in [0.15, 0.2) is 33.8 Å². The molecule has 0 spiro atoms. The minimum Gasteiger partial charge on any atom is -0.380 e. The van der Waals surface area contributed by atoms with Crippen LogP contribution in [0.1, 0.15) is 44.4 Å². The number of imidazole rings is 1. The molecule has 1 aromatic carbocycles. The van der Waals surface area contributed by atoms with Crippen molar-refractivity contribution in [3.8, 4) is 11.5 Å². The fourth-order valence-electron chi connectivity index (χ4n) is 4.91. The van der Waals surface area contributed by atoms with Gasteiger partial charge in [0.05, 0.1) is 23.7 Å². The number of ether oxygens (including phenoxy) is 1. The predicted molar refractivity (Wildman–Crippen MR) is 112 cm³/mol. The molecule has 1 N–H and O–H groups in total. The van der Waals surface area contributed by atoms with Crippen molar-refractivity contribution in [2.24, 2.45) is 0 Å². The maximum Gasteiger partial charge on any atom is 0.277 e. The van der Waals surface area contributed by atoms with Crippen molar-refractivity contribution in [1.29, 1.82) is 0 Å². The summed E-state index contributed by atoms with van der Waals surface area (Å²) >= 11 is 0. The van der Waals surface area contributed by atoms with Crippen molar-refractivity contribution in [3.63, 3.8) is 0 Å². The Bertz CT molecular complexity index is 1380. The van der Waals surface area contributed by atoms with Gasteiger partial charge in [0.25, 0.3) is 11.4 Å². The van der Waals surface area contributed by atoms with E-state index in [4.69, 9.17) is 9.26 Å². The first kappa shape index (κ1) is 19.6. The molecule has 3 aromatic heterocycles. The van der Waals surface area contributed by atoms with Gasteiger partial charge in [-0.1, -0.05) is 5.16 Å². The van der Waals surface area contributed by atoms with Crippen LogP contribution in [0.3, 0.4) is 0 Å². The first-order valence-electron chi connectivity index (χ1n) is 10.9. The SMILES string of the molecule is O=c1c2c(-c3noc(C4(O)CCCC4)n3)ncn2c2ccc(F)cc2n1CC1CCCO1. The molecule has 4 aromatic rings. The summed E-state index contributed by atoms with van der Waals surface area (Å²) in [6.45, 7) is 0.970. The minimum absolute atomic E-state index is 0.110. The lowest BCUT2D eigenvalue weighted by Crippen LogP contribution is -2.28. The van der Waals surface area contributed by atoms with E-state index in [1.165, 1.54) is 18.5 Å². The van der Waals surface area contributed by atoms with Gasteiger partial charge in [-0.15, -0.1) is 0 Å². The third kappa shape index (κ3) is 2.97. The molecule has 2 aliphatic rings.